The van der Waals surface area contributed by atoms with Gasteiger partial charge in [0, 0.05) is 25.0 Å². The molecule has 52 heavy (non-hydrogen) atoms. The summed E-state index contributed by atoms with van der Waals surface area (Å²) < 4.78 is 72.6. The molecule has 3 aliphatic rings. The molecule has 0 bridgehead atoms. The van der Waals surface area contributed by atoms with E-state index in [1.165, 1.54) is 12.1 Å². The molecule has 0 saturated carbocycles. The predicted octanol–water partition coefficient (Wildman–Crippen LogP) is 11.3. The normalized spacial score (nSPS) is 28.1. The lowest BCUT2D eigenvalue weighted by molar-refractivity contribution is -0.163. The molecule has 1 fully saturated rings. The molecule has 1 aliphatic heterocycles. The van der Waals surface area contributed by atoms with Crippen LogP contribution in [0.15, 0.2) is 48.1 Å². The number of hydrogen-bond donors (Lipinski definition) is 0. The van der Waals surface area contributed by atoms with E-state index >= 15 is 0 Å². The van der Waals surface area contributed by atoms with E-state index in [2.05, 4.69) is 92.9 Å². The minimum atomic E-state index is -4.52. The van der Waals surface area contributed by atoms with Gasteiger partial charge in [0.1, 0.15) is 11.9 Å². The summed E-state index contributed by atoms with van der Waals surface area (Å²) >= 11 is 0. The smallest absolute Gasteiger partial charge is 0.416 e. The van der Waals surface area contributed by atoms with E-state index in [1.807, 2.05) is 0 Å². The molecule has 1 aromatic rings. The van der Waals surface area contributed by atoms with E-state index in [0.717, 1.165) is 43.4 Å². The third kappa shape index (κ3) is 10.6. The first-order valence-corrected chi connectivity index (χ1v) is 25.1. The Balaban J connectivity index is 1.56. The molecule has 0 spiro atoms. The maximum Gasteiger partial charge on any atom is 0.416 e. The molecule has 11 heteroatoms. The van der Waals surface area contributed by atoms with Crippen molar-refractivity contribution in [2.24, 2.45) is 17.8 Å². The average molecular weight is 767 g/mol. The van der Waals surface area contributed by atoms with E-state index in [9.17, 15) is 18.0 Å². The summed E-state index contributed by atoms with van der Waals surface area (Å²) in [7, 11) is -4.09. The van der Waals surface area contributed by atoms with Crippen molar-refractivity contribution < 1.29 is 41.0 Å². The van der Waals surface area contributed by atoms with Crippen LogP contribution in [0.5, 0.6) is 5.75 Å². The zero-order valence-electron chi connectivity index (χ0n) is 33.7. The third-order valence-electron chi connectivity index (χ3n) is 12.4. The number of alkyl halides is 3. The average Bonchev–Trinajstić information content (AvgIpc) is 3.01. The Hall–Kier alpha value is -1.93. The van der Waals surface area contributed by atoms with Gasteiger partial charge in [-0.2, -0.15) is 13.2 Å². The standard InChI is InChI=1S/C41H65F3O6Si2/c1-13-35(47-31-16-14-15-29(24-31)41(42,43)44)38(45)48-36-26-33(50-52(11,12)40(6,7)8)23-28-18-17-27(2)34(37(28)36)20-19-30-25-32(21-22-46-30)49-51(9,10)39(3,4)5/h14-18,23-24,27,30,32-37H,13,19-22,25-26H2,1-12H3/t27-,30+,32+,33+,34-,35?,36-,37-/m0/s1. The first kappa shape index (κ1) is 42.8. The first-order valence-electron chi connectivity index (χ1n) is 19.3. The molecular weight excluding hydrogens is 702 g/mol. The van der Waals surface area contributed by atoms with Gasteiger partial charge in [-0.15, -0.1) is 0 Å². The lowest BCUT2D eigenvalue weighted by atomic mass is 9.66. The first-order chi connectivity index (χ1) is 23.9. The number of esters is 1. The van der Waals surface area contributed by atoms with Gasteiger partial charge in [0.2, 0.25) is 0 Å². The second kappa shape index (κ2) is 16.4. The van der Waals surface area contributed by atoms with E-state index in [1.54, 1.807) is 6.92 Å². The van der Waals surface area contributed by atoms with Crippen molar-refractivity contribution in [3.05, 3.63) is 53.6 Å². The van der Waals surface area contributed by atoms with Crippen LogP contribution in [0.4, 0.5) is 13.2 Å². The van der Waals surface area contributed by atoms with Crippen LogP contribution in [0.2, 0.25) is 36.3 Å². The number of benzene rings is 1. The van der Waals surface area contributed by atoms with Crippen molar-refractivity contribution in [2.75, 3.05) is 6.61 Å². The highest BCUT2D eigenvalue weighted by Gasteiger charge is 2.47. The Morgan fingerprint density at radius 2 is 1.62 bits per heavy atom. The minimum Gasteiger partial charge on any atom is -0.479 e. The number of carbonyl (C=O) groups excluding carboxylic acids is 1. The lowest BCUT2D eigenvalue weighted by Crippen LogP contribution is -2.49. The monoisotopic (exact) mass is 766 g/mol. The maximum absolute atomic E-state index is 13.9. The number of halogens is 3. The maximum atomic E-state index is 13.9. The fourth-order valence-electron chi connectivity index (χ4n) is 7.17. The van der Waals surface area contributed by atoms with Gasteiger partial charge < -0.3 is 23.1 Å². The number of fused-ring (bicyclic) bond motifs is 1. The molecule has 1 saturated heterocycles. The second-order valence-corrected chi connectivity index (χ2v) is 27.8. The number of ether oxygens (including phenoxy) is 3. The van der Waals surface area contributed by atoms with Crippen LogP contribution in [0.25, 0.3) is 0 Å². The number of hydrogen-bond acceptors (Lipinski definition) is 6. The summed E-state index contributed by atoms with van der Waals surface area (Å²) in [6.45, 7) is 27.2. The highest BCUT2D eigenvalue weighted by Crippen LogP contribution is 2.47. The molecule has 8 atom stereocenters. The molecule has 4 rings (SSSR count). The van der Waals surface area contributed by atoms with Crippen molar-refractivity contribution in [3.8, 4) is 5.75 Å². The molecule has 0 aromatic heterocycles. The van der Waals surface area contributed by atoms with Gasteiger partial charge in [-0.1, -0.05) is 79.7 Å². The minimum absolute atomic E-state index is 0.00770. The largest absolute Gasteiger partial charge is 0.479 e. The van der Waals surface area contributed by atoms with E-state index in [4.69, 9.17) is 23.1 Å². The summed E-state index contributed by atoms with van der Waals surface area (Å²) in [4.78, 5) is 13.9. The number of rotatable bonds is 12. The molecule has 6 nitrogen and oxygen atoms in total. The molecule has 0 N–H and O–H groups in total. The Kier molecular flexibility index (Phi) is 13.5. The van der Waals surface area contributed by atoms with Crippen LogP contribution in [0.3, 0.4) is 0 Å². The van der Waals surface area contributed by atoms with Crippen LogP contribution in [-0.2, 0) is 29.3 Å². The number of allylic oxidation sites excluding steroid dienone is 2. The van der Waals surface area contributed by atoms with E-state index in [-0.39, 0.29) is 58.3 Å². The zero-order valence-corrected chi connectivity index (χ0v) is 35.7. The van der Waals surface area contributed by atoms with Crippen LogP contribution in [0.1, 0.15) is 99.5 Å². The van der Waals surface area contributed by atoms with Crippen molar-refractivity contribution in [1.82, 2.24) is 0 Å². The van der Waals surface area contributed by atoms with Crippen molar-refractivity contribution in [2.45, 2.75) is 167 Å². The molecule has 0 radical (unpaired) electrons. The number of carbonyl (C=O) groups is 1. The van der Waals surface area contributed by atoms with Gasteiger partial charge >= 0.3 is 12.1 Å². The van der Waals surface area contributed by atoms with Gasteiger partial charge in [-0.3, -0.25) is 0 Å². The van der Waals surface area contributed by atoms with Crippen LogP contribution >= 0.6 is 0 Å². The van der Waals surface area contributed by atoms with Gasteiger partial charge in [0.15, 0.2) is 22.7 Å². The second-order valence-electron chi connectivity index (χ2n) is 18.3. The third-order valence-corrected chi connectivity index (χ3v) is 21.4. The predicted molar refractivity (Wildman–Crippen MR) is 206 cm³/mol. The highest BCUT2D eigenvalue weighted by atomic mass is 28.4. The van der Waals surface area contributed by atoms with Gasteiger partial charge in [0.05, 0.1) is 17.8 Å². The molecule has 294 valence electrons. The SMILES string of the molecule is CCC(Oc1cccc(C(F)(F)F)c1)C(=O)O[C@H]1C[C@H](O[Si](C)(C)C(C)(C)C)C=C2C=C[C@H](C)[C@H](CC[C@@H]3C[C@H](O[Si](C)(C)C(C)(C)C)CCO3)[C@H]21. The van der Waals surface area contributed by atoms with E-state index < -0.39 is 46.6 Å². The summed E-state index contributed by atoms with van der Waals surface area (Å²) in [5.41, 5.74) is 0.290. The Morgan fingerprint density at radius 1 is 0.962 bits per heavy atom. The molecule has 1 aromatic carbocycles. The molecule has 2 aliphatic carbocycles. The topological polar surface area (TPSA) is 63.2 Å². The van der Waals surface area contributed by atoms with Crippen LogP contribution in [-0.4, -0.2) is 59.7 Å². The van der Waals surface area contributed by atoms with Crippen molar-refractivity contribution in [1.29, 1.82) is 0 Å². The summed E-state index contributed by atoms with van der Waals surface area (Å²) in [5.74, 6) is -0.209. The Labute approximate surface area is 313 Å². The van der Waals surface area contributed by atoms with Gasteiger partial charge in [-0.25, -0.2) is 4.79 Å². The fraction of sp³-hybridized carbons (Fsp3) is 0.732. The quantitative estimate of drug-likeness (QED) is 0.156. The van der Waals surface area contributed by atoms with Crippen LogP contribution in [0, 0.1) is 17.8 Å². The van der Waals surface area contributed by atoms with Gasteiger partial charge in [0.25, 0.3) is 0 Å². The summed E-state index contributed by atoms with van der Waals surface area (Å²) in [6.07, 6.45) is 4.98. The molecule has 1 unspecified atom stereocenters. The zero-order chi connectivity index (χ0) is 38.9. The Morgan fingerprint density at radius 3 is 2.23 bits per heavy atom. The van der Waals surface area contributed by atoms with Crippen molar-refractivity contribution >= 4 is 22.6 Å². The van der Waals surface area contributed by atoms with Crippen LogP contribution < -0.4 is 4.74 Å². The molecular formula is C41H65F3O6Si2. The fourth-order valence-corrected chi connectivity index (χ4v) is 9.84. The molecule has 0 amide bonds. The Bertz CT molecular complexity index is 1430. The van der Waals surface area contributed by atoms with Crippen molar-refractivity contribution in [3.63, 3.8) is 0 Å². The lowest BCUT2D eigenvalue weighted by Gasteiger charge is -2.46. The molecule has 1 heterocycles. The summed E-state index contributed by atoms with van der Waals surface area (Å²) in [5, 5.41) is 0.133. The summed E-state index contributed by atoms with van der Waals surface area (Å²) in [6, 6.07) is 4.64. The van der Waals surface area contributed by atoms with Gasteiger partial charge in [-0.05, 0) is 104 Å². The highest BCUT2D eigenvalue weighted by molar-refractivity contribution is 6.74. The van der Waals surface area contributed by atoms with E-state index in [0.29, 0.717) is 13.0 Å².